The van der Waals surface area contributed by atoms with Crippen LogP contribution in [0, 0.1) is 0 Å². The first-order valence-corrected chi connectivity index (χ1v) is 8.11. The van der Waals surface area contributed by atoms with Crippen molar-refractivity contribution in [2.75, 3.05) is 17.3 Å². The minimum Gasteiger partial charge on any atom is -0.354 e. The summed E-state index contributed by atoms with van der Waals surface area (Å²) in [7, 11) is -4.03. The summed E-state index contributed by atoms with van der Waals surface area (Å²) in [5.41, 5.74) is 1.89. The number of fused-ring (bicyclic) bond motifs is 3. The summed E-state index contributed by atoms with van der Waals surface area (Å²) >= 11 is 0. The van der Waals surface area contributed by atoms with Crippen molar-refractivity contribution in [1.29, 1.82) is 0 Å². The van der Waals surface area contributed by atoms with Crippen molar-refractivity contribution >= 4 is 26.6 Å². The van der Waals surface area contributed by atoms with Crippen LogP contribution in [0.5, 0.6) is 0 Å². The maximum Gasteiger partial charge on any atom is 0.283 e. The van der Waals surface area contributed by atoms with E-state index in [0.29, 0.717) is 6.54 Å². The van der Waals surface area contributed by atoms with Crippen molar-refractivity contribution in [3.05, 3.63) is 42.0 Å². The third kappa shape index (κ3) is 2.17. The van der Waals surface area contributed by atoms with Gasteiger partial charge in [0, 0.05) is 17.6 Å². The van der Waals surface area contributed by atoms with Crippen LogP contribution in [0.15, 0.2) is 36.4 Å². The molecule has 0 saturated heterocycles. The maximum absolute atomic E-state index is 11.2. The number of rotatable bonds is 2. The Hall–Kier alpha value is -1.59. The van der Waals surface area contributed by atoms with E-state index in [2.05, 4.69) is 26.0 Å². The van der Waals surface area contributed by atoms with Gasteiger partial charge in [0.05, 0.1) is 0 Å². The third-order valence-electron chi connectivity index (χ3n) is 3.83. The normalized spacial score (nSPS) is 17.4. The van der Waals surface area contributed by atoms with Crippen LogP contribution in [-0.4, -0.2) is 25.4 Å². The van der Waals surface area contributed by atoms with Gasteiger partial charge in [0.15, 0.2) is 0 Å². The van der Waals surface area contributed by atoms with E-state index < -0.39 is 10.1 Å². The lowest BCUT2D eigenvalue weighted by Crippen LogP contribution is -2.32. The van der Waals surface area contributed by atoms with Crippen LogP contribution in [-0.2, 0) is 15.5 Å². The Morgan fingerprint density at radius 3 is 2.60 bits per heavy atom. The second-order valence-electron chi connectivity index (χ2n) is 5.97. The van der Waals surface area contributed by atoms with Crippen LogP contribution >= 0.6 is 0 Å². The molecule has 1 aliphatic heterocycles. The maximum atomic E-state index is 11.2. The fourth-order valence-corrected chi connectivity index (χ4v) is 3.81. The standard InChI is InChI=1S/C15H17NO3S/c1-15(2)9-16(10-20(17,18)19)13-8-7-11-5-3-4-6-12(11)14(13)15/h3-8H,9-10H2,1-2H3,(H,17,18,19). The zero-order chi connectivity index (χ0) is 14.5. The molecule has 5 heteroatoms. The van der Waals surface area contributed by atoms with Crippen molar-refractivity contribution in [3.8, 4) is 0 Å². The summed E-state index contributed by atoms with van der Waals surface area (Å²) in [5.74, 6) is -0.359. The Morgan fingerprint density at radius 2 is 1.90 bits per heavy atom. The second-order valence-corrected chi connectivity index (χ2v) is 7.40. The number of nitrogens with zero attached hydrogens (tertiary/aromatic N) is 1. The predicted octanol–water partition coefficient (Wildman–Crippen LogP) is 2.78. The van der Waals surface area contributed by atoms with E-state index in [1.54, 1.807) is 4.90 Å². The van der Waals surface area contributed by atoms with Crippen LogP contribution in [0.3, 0.4) is 0 Å². The largest absolute Gasteiger partial charge is 0.354 e. The lowest BCUT2D eigenvalue weighted by molar-refractivity contribution is 0.478. The molecule has 0 saturated carbocycles. The molecule has 106 valence electrons. The third-order valence-corrected chi connectivity index (χ3v) is 4.47. The first kappa shape index (κ1) is 13.4. The molecular formula is C15H17NO3S. The molecule has 0 atom stereocenters. The lowest BCUT2D eigenvalue weighted by atomic mass is 9.84. The first-order valence-electron chi connectivity index (χ1n) is 6.50. The summed E-state index contributed by atoms with van der Waals surface area (Å²) in [4.78, 5) is 1.73. The zero-order valence-electron chi connectivity index (χ0n) is 11.5. The highest BCUT2D eigenvalue weighted by molar-refractivity contribution is 7.85. The quantitative estimate of drug-likeness (QED) is 0.864. The van der Waals surface area contributed by atoms with E-state index in [4.69, 9.17) is 4.55 Å². The Labute approximate surface area is 118 Å². The molecule has 20 heavy (non-hydrogen) atoms. The predicted molar refractivity (Wildman–Crippen MR) is 80.7 cm³/mol. The van der Waals surface area contributed by atoms with Gasteiger partial charge < -0.3 is 4.90 Å². The minimum absolute atomic E-state index is 0.152. The Bertz CT molecular complexity index is 781. The molecule has 0 aromatic heterocycles. The van der Waals surface area contributed by atoms with Crippen LogP contribution in [0.4, 0.5) is 5.69 Å². The molecule has 0 radical (unpaired) electrons. The molecule has 2 aromatic rings. The number of anilines is 1. The van der Waals surface area contributed by atoms with E-state index in [-0.39, 0.29) is 11.3 Å². The fraction of sp³-hybridized carbons (Fsp3) is 0.333. The summed E-state index contributed by atoms with van der Waals surface area (Å²) in [6, 6.07) is 12.0. The molecule has 0 amide bonds. The first-order chi connectivity index (χ1) is 9.28. The van der Waals surface area contributed by atoms with Gasteiger partial charge in [-0.2, -0.15) is 8.42 Å². The molecule has 1 aliphatic rings. The van der Waals surface area contributed by atoms with E-state index >= 15 is 0 Å². The van der Waals surface area contributed by atoms with Gasteiger partial charge >= 0.3 is 0 Å². The zero-order valence-corrected chi connectivity index (χ0v) is 12.3. The average molecular weight is 291 g/mol. The van der Waals surface area contributed by atoms with E-state index in [0.717, 1.165) is 22.0 Å². The van der Waals surface area contributed by atoms with Gasteiger partial charge in [0.1, 0.15) is 5.88 Å². The fourth-order valence-electron chi connectivity index (χ4n) is 3.19. The van der Waals surface area contributed by atoms with Gasteiger partial charge in [-0.15, -0.1) is 0 Å². The number of hydrogen-bond donors (Lipinski definition) is 1. The second kappa shape index (κ2) is 4.20. The van der Waals surface area contributed by atoms with Gasteiger partial charge in [0.2, 0.25) is 0 Å². The monoisotopic (exact) mass is 291 g/mol. The Morgan fingerprint density at radius 1 is 1.20 bits per heavy atom. The van der Waals surface area contributed by atoms with Gasteiger partial charge in [0.25, 0.3) is 10.1 Å². The van der Waals surface area contributed by atoms with Crippen LogP contribution in [0.2, 0.25) is 0 Å². The molecule has 0 bridgehead atoms. The molecule has 0 fully saturated rings. The van der Waals surface area contributed by atoms with Gasteiger partial charge in [-0.1, -0.05) is 44.2 Å². The molecular weight excluding hydrogens is 274 g/mol. The van der Waals surface area contributed by atoms with Gasteiger partial charge in [-0.3, -0.25) is 4.55 Å². The van der Waals surface area contributed by atoms with Crippen molar-refractivity contribution < 1.29 is 13.0 Å². The van der Waals surface area contributed by atoms with Crippen LogP contribution < -0.4 is 4.90 Å². The number of benzene rings is 2. The molecule has 0 aliphatic carbocycles. The summed E-state index contributed by atoms with van der Waals surface area (Å²) < 4.78 is 31.5. The summed E-state index contributed by atoms with van der Waals surface area (Å²) in [6.45, 7) is 4.78. The van der Waals surface area contributed by atoms with E-state index in [1.165, 1.54) is 0 Å². The average Bonchev–Trinajstić information content (AvgIpc) is 2.59. The van der Waals surface area contributed by atoms with Crippen LogP contribution in [0.1, 0.15) is 19.4 Å². The molecule has 4 nitrogen and oxygen atoms in total. The van der Waals surface area contributed by atoms with Crippen molar-refractivity contribution in [2.45, 2.75) is 19.3 Å². The minimum atomic E-state index is -4.03. The summed E-state index contributed by atoms with van der Waals surface area (Å²) in [5, 5.41) is 2.29. The van der Waals surface area contributed by atoms with Crippen molar-refractivity contribution in [1.82, 2.24) is 0 Å². The smallest absolute Gasteiger partial charge is 0.283 e. The summed E-state index contributed by atoms with van der Waals surface area (Å²) in [6.07, 6.45) is 0. The Kier molecular flexibility index (Phi) is 2.81. The van der Waals surface area contributed by atoms with Crippen molar-refractivity contribution in [2.24, 2.45) is 0 Å². The van der Waals surface area contributed by atoms with E-state index in [9.17, 15) is 8.42 Å². The van der Waals surface area contributed by atoms with Crippen molar-refractivity contribution in [3.63, 3.8) is 0 Å². The molecule has 0 unspecified atom stereocenters. The number of hydrogen-bond acceptors (Lipinski definition) is 3. The Balaban J connectivity index is 2.22. The topological polar surface area (TPSA) is 57.6 Å². The highest BCUT2D eigenvalue weighted by atomic mass is 32.2. The molecule has 1 heterocycles. The van der Waals surface area contributed by atoms with Gasteiger partial charge in [-0.05, 0) is 22.4 Å². The lowest BCUT2D eigenvalue weighted by Gasteiger charge is -2.21. The van der Waals surface area contributed by atoms with Crippen LogP contribution in [0.25, 0.3) is 10.8 Å². The van der Waals surface area contributed by atoms with E-state index in [1.807, 2.05) is 24.3 Å². The SMILES string of the molecule is CC1(C)CN(CS(=O)(=O)O)c2ccc3ccccc3c21. The highest BCUT2D eigenvalue weighted by Gasteiger charge is 2.37. The molecule has 0 spiro atoms. The highest BCUT2D eigenvalue weighted by Crippen LogP contribution is 2.44. The molecule has 2 aromatic carbocycles. The molecule has 1 N–H and O–H groups in total. The van der Waals surface area contributed by atoms with Gasteiger partial charge in [-0.25, -0.2) is 0 Å². The molecule has 3 rings (SSSR count).